The molecule has 0 bridgehead atoms. The minimum Gasteiger partial charge on any atom is -0.378 e. The molecule has 1 aliphatic rings. The van der Waals surface area contributed by atoms with Crippen molar-refractivity contribution >= 4 is 5.69 Å². The summed E-state index contributed by atoms with van der Waals surface area (Å²) in [5, 5.41) is 8.90. The highest BCUT2D eigenvalue weighted by Gasteiger charge is 2.16. The quantitative estimate of drug-likeness (QED) is 0.705. The molecule has 5 heteroatoms. The summed E-state index contributed by atoms with van der Waals surface area (Å²) in [6.45, 7) is 2.71. The first kappa shape index (κ1) is 9.74. The Kier molecular flexibility index (Phi) is 2.70. The predicted octanol–water partition coefficient (Wildman–Crippen LogP) is 0.0832. The fraction of sp³-hybridized carbons (Fsp3) is 0.400. The summed E-state index contributed by atoms with van der Waals surface area (Å²) >= 11 is 0. The fourth-order valence-corrected chi connectivity index (χ4v) is 1.64. The Bertz CT molecular complexity index is 441. The lowest BCUT2D eigenvalue weighted by Gasteiger charge is -2.29. The van der Waals surface area contributed by atoms with Crippen LogP contribution in [0.15, 0.2) is 17.1 Å². The second-order valence-corrected chi connectivity index (χ2v) is 3.28. The molecule has 0 saturated carbocycles. The molecule has 0 spiro atoms. The largest absolute Gasteiger partial charge is 0.378 e. The highest BCUT2D eigenvalue weighted by Crippen LogP contribution is 2.16. The Morgan fingerprint density at radius 2 is 2.20 bits per heavy atom. The van der Waals surface area contributed by atoms with Gasteiger partial charge in [-0.2, -0.15) is 5.26 Å². The zero-order valence-electron chi connectivity index (χ0n) is 8.19. The maximum absolute atomic E-state index is 11.4. The normalized spacial score (nSPS) is 16.1. The van der Waals surface area contributed by atoms with Gasteiger partial charge in [-0.25, -0.2) is 0 Å². The topological polar surface area (TPSA) is 69.1 Å². The second-order valence-electron chi connectivity index (χ2n) is 3.28. The number of anilines is 1. The van der Waals surface area contributed by atoms with Crippen molar-refractivity contribution in [2.75, 3.05) is 31.2 Å². The number of nitriles is 1. The van der Waals surface area contributed by atoms with E-state index in [-0.39, 0.29) is 11.1 Å². The Labute approximate surface area is 86.9 Å². The van der Waals surface area contributed by atoms with Gasteiger partial charge in [-0.05, 0) is 6.07 Å². The van der Waals surface area contributed by atoms with E-state index in [1.54, 1.807) is 12.3 Å². The molecular weight excluding hydrogens is 194 g/mol. The third-order valence-electron chi connectivity index (χ3n) is 2.40. The molecule has 15 heavy (non-hydrogen) atoms. The highest BCUT2D eigenvalue weighted by atomic mass is 16.5. The lowest BCUT2D eigenvalue weighted by atomic mass is 10.2. The molecule has 0 aromatic carbocycles. The van der Waals surface area contributed by atoms with Crippen molar-refractivity contribution in [3.8, 4) is 6.07 Å². The SMILES string of the molecule is N#Cc1c(N2CCOCC2)cc[nH]c1=O. The van der Waals surface area contributed by atoms with Gasteiger partial charge in [-0.15, -0.1) is 0 Å². The number of nitrogens with zero attached hydrogens (tertiary/aromatic N) is 2. The fourth-order valence-electron chi connectivity index (χ4n) is 1.64. The summed E-state index contributed by atoms with van der Waals surface area (Å²) < 4.78 is 5.21. The molecule has 2 heterocycles. The van der Waals surface area contributed by atoms with Gasteiger partial charge in [0.05, 0.1) is 18.9 Å². The maximum atomic E-state index is 11.4. The zero-order chi connectivity index (χ0) is 10.7. The van der Waals surface area contributed by atoms with Crippen LogP contribution in [0.25, 0.3) is 0 Å². The molecule has 5 nitrogen and oxygen atoms in total. The van der Waals surface area contributed by atoms with Crippen molar-refractivity contribution in [2.45, 2.75) is 0 Å². The number of nitrogens with one attached hydrogen (secondary N) is 1. The number of rotatable bonds is 1. The van der Waals surface area contributed by atoms with Crippen molar-refractivity contribution < 1.29 is 4.74 Å². The molecule has 0 radical (unpaired) electrons. The molecule has 0 amide bonds. The van der Waals surface area contributed by atoms with Crippen LogP contribution in [0.2, 0.25) is 0 Å². The molecule has 1 saturated heterocycles. The summed E-state index contributed by atoms with van der Waals surface area (Å²) in [7, 11) is 0. The Balaban J connectivity index is 2.39. The third kappa shape index (κ3) is 1.85. The molecule has 0 unspecified atom stereocenters. The first-order valence-electron chi connectivity index (χ1n) is 4.77. The van der Waals surface area contributed by atoms with Crippen LogP contribution in [0.3, 0.4) is 0 Å². The van der Waals surface area contributed by atoms with Crippen molar-refractivity contribution in [3.05, 3.63) is 28.2 Å². The van der Waals surface area contributed by atoms with Crippen LogP contribution < -0.4 is 10.5 Å². The molecule has 0 atom stereocenters. The second kappa shape index (κ2) is 4.15. The van der Waals surface area contributed by atoms with Crippen LogP contribution in [0.5, 0.6) is 0 Å². The number of pyridine rings is 1. The van der Waals surface area contributed by atoms with E-state index in [4.69, 9.17) is 10.00 Å². The number of hydrogen-bond acceptors (Lipinski definition) is 4. The number of H-pyrrole nitrogens is 1. The van der Waals surface area contributed by atoms with E-state index >= 15 is 0 Å². The molecule has 1 aliphatic heterocycles. The first-order chi connectivity index (χ1) is 7.33. The van der Waals surface area contributed by atoms with Gasteiger partial charge in [0.2, 0.25) is 0 Å². The van der Waals surface area contributed by atoms with E-state index in [1.165, 1.54) is 0 Å². The van der Waals surface area contributed by atoms with Crippen LogP contribution >= 0.6 is 0 Å². The monoisotopic (exact) mass is 205 g/mol. The van der Waals surface area contributed by atoms with Gasteiger partial charge in [0.25, 0.3) is 5.56 Å². The van der Waals surface area contributed by atoms with Crippen molar-refractivity contribution in [1.82, 2.24) is 4.98 Å². The van der Waals surface area contributed by atoms with Crippen molar-refractivity contribution in [3.63, 3.8) is 0 Å². The summed E-state index contributed by atoms with van der Waals surface area (Å²) in [6.07, 6.45) is 1.56. The van der Waals surface area contributed by atoms with Gasteiger partial charge in [-0.1, -0.05) is 0 Å². The minimum absolute atomic E-state index is 0.180. The van der Waals surface area contributed by atoms with Crippen molar-refractivity contribution in [2.24, 2.45) is 0 Å². The zero-order valence-corrected chi connectivity index (χ0v) is 8.19. The Morgan fingerprint density at radius 3 is 2.87 bits per heavy atom. The van der Waals surface area contributed by atoms with Gasteiger partial charge in [0.15, 0.2) is 0 Å². The number of ether oxygens (including phenoxy) is 1. The lowest BCUT2D eigenvalue weighted by molar-refractivity contribution is 0.122. The molecular formula is C10H11N3O2. The maximum Gasteiger partial charge on any atom is 0.267 e. The highest BCUT2D eigenvalue weighted by molar-refractivity contribution is 5.57. The van der Waals surface area contributed by atoms with E-state index in [1.807, 2.05) is 11.0 Å². The molecule has 1 aromatic heterocycles. The standard InChI is InChI=1S/C10H11N3O2/c11-7-8-9(1-2-12-10(8)14)13-3-5-15-6-4-13/h1-2H,3-6H2,(H,12,14). The summed E-state index contributed by atoms with van der Waals surface area (Å²) in [6, 6.07) is 3.69. The molecule has 2 rings (SSSR count). The Morgan fingerprint density at radius 1 is 1.47 bits per heavy atom. The van der Waals surface area contributed by atoms with Gasteiger partial charge in [0, 0.05) is 19.3 Å². The molecule has 0 aliphatic carbocycles. The van der Waals surface area contributed by atoms with Gasteiger partial charge in [-0.3, -0.25) is 4.79 Å². The van der Waals surface area contributed by atoms with Crippen LogP contribution in [-0.4, -0.2) is 31.3 Å². The van der Waals surface area contributed by atoms with Crippen molar-refractivity contribution in [1.29, 1.82) is 5.26 Å². The van der Waals surface area contributed by atoms with Crippen LogP contribution in [0.4, 0.5) is 5.69 Å². The van der Waals surface area contributed by atoms with Gasteiger partial charge >= 0.3 is 0 Å². The Hall–Kier alpha value is -1.80. The smallest absolute Gasteiger partial charge is 0.267 e. The third-order valence-corrected chi connectivity index (χ3v) is 2.40. The molecule has 78 valence electrons. The molecule has 1 fully saturated rings. The first-order valence-corrected chi connectivity index (χ1v) is 4.77. The van der Waals surface area contributed by atoms with E-state index in [0.717, 1.165) is 13.1 Å². The van der Waals surface area contributed by atoms with Crippen LogP contribution in [0, 0.1) is 11.3 Å². The summed E-state index contributed by atoms with van der Waals surface area (Å²) in [4.78, 5) is 15.9. The minimum atomic E-state index is -0.332. The number of aromatic nitrogens is 1. The molecule has 1 aromatic rings. The van der Waals surface area contributed by atoms with Crippen LogP contribution in [0.1, 0.15) is 5.56 Å². The predicted molar refractivity (Wildman–Crippen MR) is 54.8 cm³/mol. The molecule has 1 N–H and O–H groups in total. The summed E-state index contributed by atoms with van der Waals surface area (Å²) in [5.74, 6) is 0. The van der Waals surface area contributed by atoms with Gasteiger partial charge in [0.1, 0.15) is 11.6 Å². The van der Waals surface area contributed by atoms with E-state index in [9.17, 15) is 4.79 Å². The van der Waals surface area contributed by atoms with E-state index < -0.39 is 0 Å². The average molecular weight is 205 g/mol. The van der Waals surface area contributed by atoms with E-state index in [0.29, 0.717) is 18.9 Å². The number of morpholine rings is 1. The van der Waals surface area contributed by atoms with E-state index in [2.05, 4.69) is 4.98 Å². The average Bonchev–Trinajstić information content (AvgIpc) is 2.30. The summed E-state index contributed by atoms with van der Waals surface area (Å²) in [5.41, 5.74) is 0.547. The number of aromatic amines is 1. The lowest BCUT2D eigenvalue weighted by Crippen LogP contribution is -2.37. The van der Waals surface area contributed by atoms with Crippen LogP contribution in [-0.2, 0) is 4.74 Å². The number of hydrogen-bond donors (Lipinski definition) is 1. The van der Waals surface area contributed by atoms with Gasteiger partial charge < -0.3 is 14.6 Å².